The third-order valence-corrected chi connectivity index (χ3v) is 10.0. The maximum atomic E-state index is 15.8. The number of carbonyl (C=O) groups excluding carboxylic acids is 1. The van der Waals surface area contributed by atoms with E-state index in [1.165, 1.54) is 13.2 Å². The van der Waals surface area contributed by atoms with Crippen LogP contribution in [-0.4, -0.2) is 63.5 Å². The SMILES string of the molecule is COC(=O)N[C@H](CC(CCCN)c1nc2cc(F)c(-c3ccc4c(ccc5nc(C(CCCN)C[C@@H](NO)C(C)C)[nH]c54)c3)cc2[nH]1)C(C)C. The fraction of sp³-hybridized carbons (Fsp3) is 0.500. The Morgan fingerprint density at radius 3 is 2.14 bits per heavy atom. The normalized spacial score (nSPS) is 14.5. The van der Waals surface area contributed by atoms with E-state index in [0.29, 0.717) is 30.6 Å². The van der Waals surface area contributed by atoms with Gasteiger partial charge < -0.3 is 36.7 Å². The molecule has 0 aliphatic heterocycles. The van der Waals surface area contributed by atoms with E-state index in [2.05, 4.69) is 48.5 Å². The number of nitrogens with two attached hydrogens (primary N) is 2. The van der Waals surface area contributed by atoms with Gasteiger partial charge in [0.05, 0.1) is 29.2 Å². The Kier molecular flexibility index (Phi) is 12.4. The van der Waals surface area contributed by atoms with E-state index in [1.54, 1.807) is 0 Å². The molecule has 0 bridgehead atoms. The Morgan fingerprint density at radius 1 is 0.880 bits per heavy atom. The zero-order valence-electron chi connectivity index (χ0n) is 29.9. The predicted molar refractivity (Wildman–Crippen MR) is 198 cm³/mol. The zero-order chi connectivity index (χ0) is 35.9. The second kappa shape index (κ2) is 16.7. The van der Waals surface area contributed by atoms with Crippen LogP contribution in [0.15, 0.2) is 42.5 Å². The van der Waals surface area contributed by atoms with Crippen LogP contribution in [0.1, 0.15) is 89.7 Å². The molecular weight excluding hydrogens is 635 g/mol. The van der Waals surface area contributed by atoms with E-state index >= 15 is 4.39 Å². The second-order valence-corrected chi connectivity index (χ2v) is 14.2. The lowest BCUT2D eigenvalue weighted by molar-refractivity contribution is 0.0950. The van der Waals surface area contributed by atoms with Gasteiger partial charge in [0.1, 0.15) is 17.5 Å². The Bertz CT molecular complexity index is 1890. The van der Waals surface area contributed by atoms with Crippen molar-refractivity contribution in [2.45, 2.75) is 90.1 Å². The van der Waals surface area contributed by atoms with Gasteiger partial charge in [-0.3, -0.25) is 0 Å². The van der Waals surface area contributed by atoms with Crippen LogP contribution in [0.2, 0.25) is 0 Å². The number of aromatic nitrogens is 4. The van der Waals surface area contributed by atoms with Crippen LogP contribution in [0.5, 0.6) is 0 Å². The summed E-state index contributed by atoms with van der Waals surface area (Å²) in [6, 6.07) is 13.1. The minimum atomic E-state index is -0.469. The minimum Gasteiger partial charge on any atom is -0.453 e. The van der Waals surface area contributed by atoms with Gasteiger partial charge in [0.25, 0.3) is 0 Å². The number of carbonyl (C=O) groups is 1. The Morgan fingerprint density at radius 2 is 1.52 bits per heavy atom. The standard InChI is InChI=1S/C38H53FN8O3/c1-21(2)31(45-38(48)50-5)17-25(8-6-14-40)36-43-33-19-28(29(39)20-34(33)44-36)24-10-12-27-23(16-24)11-13-30-35(27)46-37(42-30)26(9-7-15-41)18-32(47-49)22(3)4/h10-13,16,19-22,25-26,31-32,47,49H,6-9,14-15,17-18,40-41H2,1-5H3,(H,42,46)(H,43,44)(H,45,48)/t25?,26?,31-,32-/m1/s1. The monoisotopic (exact) mass is 688 g/mol. The number of H-pyrrole nitrogens is 2. The summed E-state index contributed by atoms with van der Waals surface area (Å²) in [5.41, 5.74) is 18.5. The van der Waals surface area contributed by atoms with Crippen LogP contribution < -0.4 is 22.3 Å². The topological polar surface area (TPSA) is 180 Å². The van der Waals surface area contributed by atoms with Gasteiger partial charge >= 0.3 is 6.09 Å². The maximum absolute atomic E-state index is 15.8. The van der Waals surface area contributed by atoms with E-state index in [-0.39, 0.29) is 41.6 Å². The molecule has 2 unspecified atom stereocenters. The zero-order valence-corrected chi connectivity index (χ0v) is 29.9. The summed E-state index contributed by atoms with van der Waals surface area (Å²) in [5.74, 6) is 1.77. The molecular formula is C38H53FN8O3. The van der Waals surface area contributed by atoms with Crippen LogP contribution in [0.4, 0.5) is 9.18 Å². The number of hydrogen-bond acceptors (Lipinski definition) is 8. The highest BCUT2D eigenvalue weighted by atomic mass is 19.1. The van der Waals surface area contributed by atoms with E-state index < -0.39 is 6.09 Å². The molecule has 0 saturated carbocycles. The minimum absolute atomic E-state index is 0.0181. The number of methoxy groups -OCH3 is 1. The molecule has 2 heterocycles. The first-order valence-corrected chi connectivity index (χ1v) is 17.8. The fourth-order valence-electron chi connectivity index (χ4n) is 6.91. The van der Waals surface area contributed by atoms with Crippen molar-refractivity contribution in [3.63, 3.8) is 0 Å². The van der Waals surface area contributed by atoms with Gasteiger partial charge in [-0.05, 0) is 92.6 Å². The summed E-state index contributed by atoms with van der Waals surface area (Å²) in [6.07, 6.45) is 4.18. The van der Waals surface area contributed by atoms with Gasteiger partial charge in [0.15, 0.2) is 0 Å². The number of aromatic amines is 2. The second-order valence-electron chi connectivity index (χ2n) is 14.2. The van der Waals surface area contributed by atoms with Crippen molar-refractivity contribution in [2.24, 2.45) is 23.3 Å². The molecule has 0 radical (unpaired) electrons. The van der Waals surface area contributed by atoms with Gasteiger partial charge in [-0.15, -0.1) is 0 Å². The van der Waals surface area contributed by atoms with Gasteiger partial charge in [-0.1, -0.05) is 45.9 Å². The fourth-order valence-corrected chi connectivity index (χ4v) is 6.91. The average Bonchev–Trinajstić information content (AvgIpc) is 3.73. The molecule has 4 atom stereocenters. The Labute approximate surface area is 293 Å². The molecule has 0 aliphatic rings. The quantitative estimate of drug-likeness (QED) is 0.0501. The number of hydroxylamine groups is 1. The number of nitrogens with one attached hydrogen (secondary N) is 4. The van der Waals surface area contributed by atoms with Gasteiger partial charge in [-0.25, -0.2) is 24.6 Å². The molecule has 270 valence electrons. The highest BCUT2D eigenvalue weighted by Crippen LogP contribution is 2.35. The summed E-state index contributed by atoms with van der Waals surface area (Å²) in [4.78, 5) is 28.9. The number of alkyl carbamates (subject to hydrolysis) is 1. The lowest BCUT2D eigenvalue weighted by Crippen LogP contribution is -2.39. The van der Waals surface area contributed by atoms with Crippen molar-refractivity contribution in [2.75, 3.05) is 20.2 Å². The molecule has 12 heteroatoms. The largest absolute Gasteiger partial charge is 0.453 e. The molecule has 0 fully saturated rings. The summed E-state index contributed by atoms with van der Waals surface area (Å²) in [7, 11) is 1.36. The van der Waals surface area contributed by atoms with Gasteiger partial charge in [0.2, 0.25) is 0 Å². The third-order valence-electron chi connectivity index (χ3n) is 10.0. The van der Waals surface area contributed by atoms with E-state index in [1.807, 2.05) is 36.4 Å². The number of amides is 1. The number of rotatable bonds is 17. The molecule has 11 nitrogen and oxygen atoms in total. The third kappa shape index (κ3) is 8.43. The molecule has 1 amide bonds. The number of nitrogens with zero attached hydrogens (tertiary/aromatic N) is 2. The molecule has 3 aromatic carbocycles. The number of ether oxygens (including phenoxy) is 1. The Balaban J connectivity index is 1.46. The lowest BCUT2D eigenvalue weighted by Gasteiger charge is -2.26. The Hall–Kier alpha value is -4.10. The number of hydrogen-bond donors (Lipinski definition) is 7. The smallest absolute Gasteiger partial charge is 0.407 e. The van der Waals surface area contributed by atoms with Crippen molar-refractivity contribution in [3.05, 3.63) is 59.9 Å². The van der Waals surface area contributed by atoms with Gasteiger partial charge in [0, 0.05) is 40.9 Å². The first kappa shape index (κ1) is 37.2. The molecule has 0 spiro atoms. The average molecular weight is 689 g/mol. The van der Waals surface area contributed by atoms with Crippen molar-refractivity contribution < 1.29 is 19.1 Å². The van der Waals surface area contributed by atoms with Crippen LogP contribution in [0, 0.1) is 17.7 Å². The first-order chi connectivity index (χ1) is 24.1. The highest BCUT2D eigenvalue weighted by Gasteiger charge is 2.26. The summed E-state index contributed by atoms with van der Waals surface area (Å²) in [6.45, 7) is 9.40. The van der Waals surface area contributed by atoms with Crippen molar-refractivity contribution in [3.8, 4) is 11.1 Å². The van der Waals surface area contributed by atoms with E-state index in [4.69, 9.17) is 26.2 Å². The summed E-state index contributed by atoms with van der Waals surface area (Å²) >= 11 is 0. The lowest BCUT2D eigenvalue weighted by atomic mass is 9.89. The molecule has 0 saturated heterocycles. The maximum Gasteiger partial charge on any atom is 0.407 e. The van der Waals surface area contributed by atoms with Crippen molar-refractivity contribution in [1.82, 2.24) is 30.7 Å². The highest BCUT2D eigenvalue weighted by molar-refractivity contribution is 6.05. The van der Waals surface area contributed by atoms with Crippen molar-refractivity contribution in [1.29, 1.82) is 0 Å². The number of fused-ring (bicyclic) bond motifs is 4. The molecule has 9 N–H and O–H groups in total. The van der Waals surface area contributed by atoms with Crippen molar-refractivity contribution >= 4 is 38.9 Å². The van der Waals surface area contributed by atoms with Crippen LogP contribution in [-0.2, 0) is 4.74 Å². The molecule has 5 rings (SSSR count). The predicted octanol–water partition coefficient (Wildman–Crippen LogP) is 7.21. The number of imidazole rings is 2. The first-order valence-electron chi connectivity index (χ1n) is 17.8. The van der Waals surface area contributed by atoms with E-state index in [0.717, 1.165) is 76.6 Å². The summed E-state index contributed by atoms with van der Waals surface area (Å²) in [5, 5.41) is 14.7. The molecule has 50 heavy (non-hydrogen) atoms. The van der Waals surface area contributed by atoms with Crippen LogP contribution >= 0.6 is 0 Å². The molecule has 2 aromatic heterocycles. The van der Waals surface area contributed by atoms with E-state index in [9.17, 15) is 10.0 Å². The number of halogens is 1. The summed E-state index contributed by atoms with van der Waals surface area (Å²) < 4.78 is 20.6. The molecule has 0 aliphatic carbocycles. The van der Waals surface area contributed by atoms with Gasteiger partial charge in [-0.2, -0.15) is 0 Å². The number of benzene rings is 3. The molecule has 5 aromatic rings. The van der Waals surface area contributed by atoms with Crippen LogP contribution in [0.3, 0.4) is 0 Å². The van der Waals surface area contributed by atoms with Crippen LogP contribution in [0.25, 0.3) is 44.0 Å².